The molecule has 1 N–H and O–H groups in total. The van der Waals surface area contributed by atoms with Crippen molar-refractivity contribution < 1.29 is 4.42 Å². The van der Waals surface area contributed by atoms with E-state index in [9.17, 15) is 0 Å². The van der Waals surface area contributed by atoms with Crippen LogP contribution in [0.3, 0.4) is 0 Å². The van der Waals surface area contributed by atoms with Crippen LogP contribution in [0.5, 0.6) is 0 Å². The molecule has 0 fully saturated rings. The van der Waals surface area contributed by atoms with E-state index in [1.807, 2.05) is 19.1 Å². The van der Waals surface area contributed by atoms with Crippen molar-refractivity contribution in [3.8, 4) is 0 Å². The Morgan fingerprint density at radius 3 is 2.59 bits per heavy atom. The van der Waals surface area contributed by atoms with Crippen molar-refractivity contribution in [2.45, 2.75) is 26.8 Å². The molecule has 0 amide bonds. The van der Waals surface area contributed by atoms with Gasteiger partial charge in [0.25, 0.3) is 0 Å². The van der Waals surface area contributed by atoms with Crippen LogP contribution in [0.4, 0.5) is 5.69 Å². The molecule has 90 valence electrons. The van der Waals surface area contributed by atoms with Crippen LogP contribution in [0, 0.1) is 13.8 Å². The number of anilines is 1. The number of nitrogens with one attached hydrogen (secondary N) is 1. The lowest BCUT2D eigenvalue weighted by Gasteiger charge is -2.15. The van der Waals surface area contributed by atoms with Gasteiger partial charge >= 0.3 is 0 Å². The monoisotopic (exact) mass is 293 g/mol. The van der Waals surface area contributed by atoms with E-state index < -0.39 is 0 Å². The Kier molecular flexibility index (Phi) is 3.57. The Hall–Kier alpha value is -1.22. The Labute approximate surface area is 110 Å². The number of furan rings is 1. The summed E-state index contributed by atoms with van der Waals surface area (Å²) >= 11 is 3.54. The van der Waals surface area contributed by atoms with Gasteiger partial charge in [0.1, 0.15) is 11.5 Å². The Bertz CT molecular complexity index is 519. The molecule has 1 aromatic carbocycles. The lowest BCUT2D eigenvalue weighted by atomic mass is 10.2. The van der Waals surface area contributed by atoms with Crippen LogP contribution in [-0.2, 0) is 0 Å². The first kappa shape index (κ1) is 12.2. The van der Waals surface area contributed by atoms with Gasteiger partial charge in [0.2, 0.25) is 0 Å². The smallest absolute Gasteiger partial charge is 0.126 e. The largest absolute Gasteiger partial charge is 0.464 e. The molecule has 0 bridgehead atoms. The van der Waals surface area contributed by atoms with Crippen molar-refractivity contribution in [2.24, 2.45) is 0 Å². The van der Waals surface area contributed by atoms with Gasteiger partial charge in [-0.05, 0) is 66.5 Å². The van der Waals surface area contributed by atoms with Gasteiger partial charge in [-0.1, -0.05) is 6.07 Å². The van der Waals surface area contributed by atoms with Crippen molar-refractivity contribution in [3.63, 3.8) is 0 Å². The van der Waals surface area contributed by atoms with Crippen molar-refractivity contribution in [3.05, 3.63) is 51.9 Å². The summed E-state index contributed by atoms with van der Waals surface area (Å²) in [5.41, 5.74) is 2.32. The fourth-order valence-corrected chi connectivity index (χ4v) is 2.10. The molecular weight excluding hydrogens is 278 g/mol. The summed E-state index contributed by atoms with van der Waals surface area (Å²) in [5.74, 6) is 1.90. The highest BCUT2D eigenvalue weighted by Gasteiger charge is 2.10. The van der Waals surface area contributed by atoms with Crippen LogP contribution < -0.4 is 5.32 Å². The molecule has 3 heteroatoms. The Morgan fingerprint density at radius 2 is 1.94 bits per heavy atom. The number of halogens is 1. The molecule has 1 aromatic heterocycles. The second kappa shape index (κ2) is 4.96. The fraction of sp³-hybridized carbons (Fsp3) is 0.286. The molecule has 0 saturated heterocycles. The summed E-state index contributed by atoms with van der Waals surface area (Å²) in [5, 5.41) is 3.44. The maximum absolute atomic E-state index is 5.61. The molecule has 17 heavy (non-hydrogen) atoms. The van der Waals surface area contributed by atoms with Crippen molar-refractivity contribution >= 4 is 21.6 Å². The average Bonchev–Trinajstić information content (AvgIpc) is 2.70. The first-order chi connectivity index (χ1) is 8.06. The van der Waals surface area contributed by atoms with Crippen LogP contribution in [-0.4, -0.2) is 0 Å². The number of benzene rings is 1. The molecule has 0 aliphatic carbocycles. The zero-order chi connectivity index (χ0) is 12.4. The van der Waals surface area contributed by atoms with E-state index in [1.165, 1.54) is 5.56 Å². The van der Waals surface area contributed by atoms with Gasteiger partial charge in [0.05, 0.1) is 6.04 Å². The minimum Gasteiger partial charge on any atom is -0.464 e. The van der Waals surface area contributed by atoms with Crippen molar-refractivity contribution in [2.75, 3.05) is 5.32 Å². The minimum absolute atomic E-state index is 0.154. The summed E-state index contributed by atoms with van der Waals surface area (Å²) in [6.07, 6.45) is 0. The highest BCUT2D eigenvalue weighted by Crippen LogP contribution is 2.28. The normalized spacial score (nSPS) is 12.5. The first-order valence-electron chi connectivity index (χ1n) is 5.65. The van der Waals surface area contributed by atoms with E-state index in [0.717, 1.165) is 21.7 Å². The lowest BCUT2D eigenvalue weighted by molar-refractivity contribution is 0.467. The lowest BCUT2D eigenvalue weighted by Crippen LogP contribution is -2.06. The number of rotatable bonds is 3. The van der Waals surface area contributed by atoms with Crippen LogP contribution >= 0.6 is 15.9 Å². The first-order valence-corrected chi connectivity index (χ1v) is 6.44. The molecular formula is C14H16BrNO. The van der Waals surface area contributed by atoms with E-state index >= 15 is 0 Å². The highest BCUT2D eigenvalue weighted by atomic mass is 79.9. The van der Waals surface area contributed by atoms with Crippen LogP contribution in [0.1, 0.15) is 30.0 Å². The van der Waals surface area contributed by atoms with Crippen molar-refractivity contribution in [1.29, 1.82) is 0 Å². The number of hydrogen-bond donors (Lipinski definition) is 1. The summed E-state index contributed by atoms with van der Waals surface area (Å²) in [6, 6.07) is 10.4. The zero-order valence-electron chi connectivity index (χ0n) is 10.3. The highest BCUT2D eigenvalue weighted by molar-refractivity contribution is 9.10. The zero-order valence-corrected chi connectivity index (χ0v) is 11.8. The molecule has 2 rings (SSSR count). The number of aryl methyl sites for hydroxylation is 2. The molecule has 1 heterocycles. The van der Waals surface area contributed by atoms with Gasteiger partial charge < -0.3 is 9.73 Å². The Balaban J connectivity index is 2.18. The molecule has 0 radical (unpaired) electrons. The van der Waals surface area contributed by atoms with Crippen LogP contribution in [0.2, 0.25) is 0 Å². The molecule has 0 aliphatic rings. The van der Waals surface area contributed by atoms with Gasteiger partial charge in [-0.2, -0.15) is 0 Å². The molecule has 1 unspecified atom stereocenters. The van der Waals surface area contributed by atoms with E-state index in [-0.39, 0.29) is 6.04 Å². The third-order valence-corrected chi connectivity index (χ3v) is 3.37. The predicted molar refractivity (Wildman–Crippen MR) is 74.4 cm³/mol. The molecule has 0 spiro atoms. The summed E-state index contributed by atoms with van der Waals surface area (Å²) in [7, 11) is 0. The SMILES string of the molecule is Cc1ccc(Br)c(NC(C)c2ccc(C)o2)c1. The fourth-order valence-electron chi connectivity index (χ4n) is 1.74. The third kappa shape index (κ3) is 2.91. The molecule has 2 aromatic rings. The van der Waals surface area contributed by atoms with E-state index in [4.69, 9.17) is 4.42 Å². The quantitative estimate of drug-likeness (QED) is 0.877. The molecule has 1 atom stereocenters. The Morgan fingerprint density at radius 1 is 1.18 bits per heavy atom. The average molecular weight is 294 g/mol. The van der Waals surface area contributed by atoms with Gasteiger partial charge in [-0.15, -0.1) is 0 Å². The minimum atomic E-state index is 0.154. The summed E-state index contributed by atoms with van der Waals surface area (Å²) in [4.78, 5) is 0. The van der Waals surface area contributed by atoms with Gasteiger partial charge in [0.15, 0.2) is 0 Å². The van der Waals surface area contributed by atoms with Crippen LogP contribution in [0.25, 0.3) is 0 Å². The summed E-state index contributed by atoms with van der Waals surface area (Å²) in [6.45, 7) is 6.13. The van der Waals surface area contributed by atoms with E-state index in [0.29, 0.717) is 0 Å². The second-order valence-electron chi connectivity index (χ2n) is 4.30. The van der Waals surface area contributed by atoms with Gasteiger partial charge in [0, 0.05) is 10.2 Å². The standard InChI is InChI=1S/C14H16BrNO/c1-9-4-6-12(15)13(8-9)16-11(3)14-7-5-10(2)17-14/h4-8,11,16H,1-3H3. The topological polar surface area (TPSA) is 25.2 Å². The number of hydrogen-bond acceptors (Lipinski definition) is 2. The van der Waals surface area contributed by atoms with E-state index in [2.05, 4.69) is 53.3 Å². The maximum atomic E-state index is 5.61. The van der Waals surface area contributed by atoms with Gasteiger partial charge in [-0.3, -0.25) is 0 Å². The predicted octanol–water partition coefficient (Wildman–Crippen LogP) is 4.83. The molecule has 2 nitrogen and oxygen atoms in total. The molecule has 0 saturated carbocycles. The van der Waals surface area contributed by atoms with Gasteiger partial charge in [-0.25, -0.2) is 0 Å². The van der Waals surface area contributed by atoms with Crippen molar-refractivity contribution in [1.82, 2.24) is 0 Å². The second-order valence-corrected chi connectivity index (χ2v) is 5.15. The third-order valence-electron chi connectivity index (χ3n) is 2.68. The molecule has 0 aliphatic heterocycles. The summed E-state index contributed by atoms with van der Waals surface area (Å²) < 4.78 is 6.68. The van der Waals surface area contributed by atoms with E-state index in [1.54, 1.807) is 0 Å². The maximum Gasteiger partial charge on any atom is 0.126 e. The van der Waals surface area contributed by atoms with Crippen LogP contribution in [0.15, 0.2) is 39.2 Å².